The molecule has 0 atom stereocenters. The predicted molar refractivity (Wildman–Crippen MR) is 55.5 cm³/mol. The first-order valence-electron chi connectivity index (χ1n) is 4.69. The van der Waals surface area contributed by atoms with Crippen LogP contribution in [0.2, 0.25) is 0 Å². The number of nitrogens with zero attached hydrogens (tertiary/aromatic N) is 3. The van der Waals surface area contributed by atoms with Gasteiger partial charge in [-0.2, -0.15) is 5.10 Å². The highest BCUT2D eigenvalue weighted by Crippen LogP contribution is 2.04. The maximum atomic E-state index is 11.1. The van der Waals surface area contributed by atoms with Crippen molar-refractivity contribution >= 4 is 5.78 Å². The molecule has 4 nitrogen and oxygen atoms in total. The van der Waals surface area contributed by atoms with Crippen LogP contribution in [0.3, 0.4) is 0 Å². The fraction of sp³-hybridized carbons (Fsp3) is 0.600. The zero-order valence-corrected chi connectivity index (χ0v) is 9.24. The Balaban J connectivity index is 2.71. The monoisotopic (exact) mass is 195 g/mol. The zero-order chi connectivity index (χ0) is 10.7. The third-order valence-electron chi connectivity index (χ3n) is 2.11. The average molecular weight is 195 g/mol. The van der Waals surface area contributed by atoms with E-state index in [9.17, 15) is 4.79 Å². The van der Waals surface area contributed by atoms with E-state index >= 15 is 0 Å². The van der Waals surface area contributed by atoms with Crippen molar-refractivity contribution in [3.8, 4) is 0 Å². The minimum atomic E-state index is 0.0658. The molecule has 0 aromatic carbocycles. The molecule has 0 saturated carbocycles. The number of rotatable bonds is 4. The number of Topliss-reactive ketones (excluding diaryl/α,β-unsaturated/α-hetero) is 1. The molecule has 0 spiro atoms. The van der Waals surface area contributed by atoms with E-state index in [1.165, 1.54) is 0 Å². The third-order valence-corrected chi connectivity index (χ3v) is 2.11. The average Bonchev–Trinajstić information content (AvgIpc) is 2.43. The van der Waals surface area contributed by atoms with Gasteiger partial charge in [0.05, 0.1) is 5.69 Å². The summed E-state index contributed by atoms with van der Waals surface area (Å²) in [5.74, 6) is 0.0658. The minimum absolute atomic E-state index is 0.0658. The molecule has 0 aliphatic rings. The van der Waals surface area contributed by atoms with Crippen LogP contribution in [0.15, 0.2) is 6.07 Å². The van der Waals surface area contributed by atoms with Crippen molar-refractivity contribution in [3.05, 3.63) is 17.5 Å². The van der Waals surface area contributed by atoms with Crippen LogP contribution in [0, 0.1) is 0 Å². The number of hydrogen-bond acceptors (Lipinski definition) is 3. The van der Waals surface area contributed by atoms with E-state index in [-0.39, 0.29) is 5.78 Å². The first kappa shape index (κ1) is 10.9. The van der Waals surface area contributed by atoms with Gasteiger partial charge >= 0.3 is 0 Å². The van der Waals surface area contributed by atoms with Crippen molar-refractivity contribution in [2.24, 2.45) is 7.05 Å². The molecule has 14 heavy (non-hydrogen) atoms. The van der Waals surface area contributed by atoms with Crippen LogP contribution in [-0.4, -0.2) is 41.1 Å². The molecule has 0 radical (unpaired) electrons. The van der Waals surface area contributed by atoms with Crippen molar-refractivity contribution in [2.45, 2.75) is 13.3 Å². The summed E-state index contributed by atoms with van der Waals surface area (Å²) in [5, 5.41) is 4.27. The van der Waals surface area contributed by atoms with Crippen molar-refractivity contribution in [1.82, 2.24) is 14.7 Å². The van der Waals surface area contributed by atoms with Gasteiger partial charge in [-0.15, -0.1) is 0 Å². The Bertz CT molecular complexity index is 328. The second-order valence-electron chi connectivity index (χ2n) is 3.75. The second kappa shape index (κ2) is 4.37. The van der Waals surface area contributed by atoms with Gasteiger partial charge in [-0.25, -0.2) is 0 Å². The van der Waals surface area contributed by atoms with Crippen molar-refractivity contribution < 1.29 is 4.79 Å². The number of ketones is 1. The van der Waals surface area contributed by atoms with Gasteiger partial charge in [0, 0.05) is 26.9 Å². The van der Waals surface area contributed by atoms with Crippen LogP contribution in [-0.2, 0) is 13.5 Å². The molecule has 0 N–H and O–H groups in total. The summed E-state index contributed by atoms with van der Waals surface area (Å²) >= 11 is 0. The van der Waals surface area contributed by atoms with E-state index in [2.05, 4.69) is 10.00 Å². The van der Waals surface area contributed by atoms with E-state index in [1.54, 1.807) is 18.7 Å². The largest absolute Gasteiger partial charge is 0.309 e. The number of carbonyl (C=O) groups excluding carboxylic acids is 1. The van der Waals surface area contributed by atoms with Crippen LogP contribution in [0.4, 0.5) is 0 Å². The molecule has 0 aliphatic heterocycles. The Morgan fingerprint density at radius 1 is 1.57 bits per heavy atom. The first-order valence-corrected chi connectivity index (χ1v) is 4.69. The number of carbonyl (C=O) groups is 1. The van der Waals surface area contributed by atoms with Gasteiger partial charge in [0.2, 0.25) is 0 Å². The first-order chi connectivity index (χ1) is 6.50. The molecule has 0 amide bonds. The van der Waals surface area contributed by atoms with Gasteiger partial charge in [-0.3, -0.25) is 9.48 Å². The van der Waals surface area contributed by atoms with Crippen LogP contribution >= 0.6 is 0 Å². The Kier molecular flexibility index (Phi) is 3.41. The Morgan fingerprint density at radius 3 is 2.64 bits per heavy atom. The van der Waals surface area contributed by atoms with Gasteiger partial charge in [0.1, 0.15) is 5.69 Å². The minimum Gasteiger partial charge on any atom is -0.309 e. The van der Waals surface area contributed by atoms with Crippen LogP contribution < -0.4 is 0 Å². The maximum absolute atomic E-state index is 11.1. The zero-order valence-electron chi connectivity index (χ0n) is 9.24. The molecule has 1 aromatic heterocycles. The van der Waals surface area contributed by atoms with Gasteiger partial charge in [0.15, 0.2) is 5.78 Å². The highest BCUT2D eigenvalue weighted by atomic mass is 16.1. The summed E-state index contributed by atoms with van der Waals surface area (Å²) in [5.41, 5.74) is 1.66. The van der Waals surface area contributed by atoms with Gasteiger partial charge in [0.25, 0.3) is 0 Å². The SMILES string of the molecule is CC(=O)c1cc(CCN(C)C)nn1C. The van der Waals surface area contributed by atoms with E-state index in [0.29, 0.717) is 5.69 Å². The normalized spacial score (nSPS) is 10.9. The van der Waals surface area contributed by atoms with Gasteiger partial charge in [-0.05, 0) is 20.2 Å². The van der Waals surface area contributed by atoms with Crippen molar-refractivity contribution in [2.75, 3.05) is 20.6 Å². The fourth-order valence-corrected chi connectivity index (χ4v) is 1.32. The van der Waals surface area contributed by atoms with E-state index in [4.69, 9.17) is 0 Å². The van der Waals surface area contributed by atoms with E-state index in [1.807, 2.05) is 20.2 Å². The third kappa shape index (κ3) is 2.67. The number of likely N-dealkylation sites (N-methyl/N-ethyl adjacent to an activating group) is 1. The van der Waals surface area contributed by atoms with E-state index in [0.717, 1.165) is 18.7 Å². The summed E-state index contributed by atoms with van der Waals surface area (Å²) < 4.78 is 1.65. The Morgan fingerprint density at radius 2 is 2.21 bits per heavy atom. The molecular formula is C10H17N3O. The Hall–Kier alpha value is -1.16. The summed E-state index contributed by atoms with van der Waals surface area (Å²) in [6.45, 7) is 2.51. The lowest BCUT2D eigenvalue weighted by atomic mass is 10.2. The van der Waals surface area contributed by atoms with Crippen LogP contribution in [0.5, 0.6) is 0 Å². The molecular weight excluding hydrogens is 178 g/mol. The highest BCUT2D eigenvalue weighted by molar-refractivity contribution is 5.92. The molecule has 1 aromatic rings. The molecule has 0 saturated heterocycles. The highest BCUT2D eigenvalue weighted by Gasteiger charge is 2.08. The van der Waals surface area contributed by atoms with Gasteiger partial charge < -0.3 is 4.90 Å². The lowest BCUT2D eigenvalue weighted by molar-refractivity contribution is 0.100. The molecule has 1 heterocycles. The molecule has 0 bridgehead atoms. The molecule has 0 unspecified atom stereocenters. The quantitative estimate of drug-likeness (QED) is 0.665. The number of aryl methyl sites for hydroxylation is 1. The second-order valence-corrected chi connectivity index (χ2v) is 3.75. The lowest BCUT2D eigenvalue weighted by Gasteiger charge is -2.06. The molecule has 1 rings (SSSR count). The predicted octanol–water partition coefficient (Wildman–Crippen LogP) is 0.727. The van der Waals surface area contributed by atoms with Crippen molar-refractivity contribution in [3.63, 3.8) is 0 Å². The molecule has 78 valence electrons. The molecule has 4 heteroatoms. The lowest BCUT2D eigenvalue weighted by Crippen LogP contribution is -2.15. The standard InChI is InChI=1S/C10H17N3O/c1-8(14)10-7-9(11-13(10)4)5-6-12(2)3/h7H,5-6H2,1-4H3. The smallest absolute Gasteiger partial charge is 0.177 e. The summed E-state index contributed by atoms with van der Waals surface area (Å²) in [6.07, 6.45) is 0.883. The topological polar surface area (TPSA) is 38.1 Å². The van der Waals surface area contributed by atoms with Gasteiger partial charge in [-0.1, -0.05) is 0 Å². The van der Waals surface area contributed by atoms with Crippen LogP contribution in [0.25, 0.3) is 0 Å². The fourth-order valence-electron chi connectivity index (χ4n) is 1.32. The van der Waals surface area contributed by atoms with Crippen molar-refractivity contribution in [1.29, 1.82) is 0 Å². The summed E-state index contributed by atoms with van der Waals surface area (Å²) in [6, 6.07) is 1.87. The van der Waals surface area contributed by atoms with Crippen LogP contribution in [0.1, 0.15) is 23.1 Å². The summed E-state index contributed by atoms with van der Waals surface area (Å²) in [7, 11) is 5.85. The maximum Gasteiger partial charge on any atom is 0.177 e. The Labute approximate surface area is 84.5 Å². The van der Waals surface area contributed by atoms with E-state index < -0.39 is 0 Å². The summed E-state index contributed by atoms with van der Waals surface area (Å²) in [4.78, 5) is 13.2. The molecule has 0 fully saturated rings. The number of hydrogen-bond donors (Lipinski definition) is 0. The number of aromatic nitrogens is 2. The molecule has 0 aliphatic carbocycles.